The Hall–Kier alpha value is -6.18. The van der Waals surface area contributed by atoms with Crippen LogP contribution in [0.15, 0.2) is 176 Å². The number of hydrogen-bond acceptors (Lipinski definition) is 1. The predicted octanol–water partition coefficient (Wildman–Crippen LogP) is 13.7. The molecule has 0 radical (unpaired) electrons. The van der Waals surface area contributed by atoms with Crippen molar-refractivity contribution in [3.05, 3.63) is 187 Å². The topological polar surface area (TPSA) is 3.24 Å². The molecule has 0 amide bonds. The molecule has 0 fully saturated rings. The minimum atomic E-state index is -0.101. The van der Waals surface area contributed by atoms with Gasteiger partial charge in [-0.05, 0) is 89.8 Å². The Morgan fingerprint density at radius 1 is 0.400 bits per heavy atom. The van der Waals surface area contributed by atoms with Crippen LogP contribution in [0, 0.1) is 0 Å². The maximum absolute atomic E-state index is 2.51. The van der Waals surface area contributed by atoms with Crippen LogP contribution in [-0.2, 0) is 5.41 Å². The Labute approximate surface area is 292 Å². The second-order valence-corrected chi connectivity index (χ2v) is 14.1. The molecule has 0 spiro atoms. The number of anilines is 3. The van der Waals surface area contributed by atoms with Gasteiger partial charge < -0.3 is 4.90 Å². The van der Waals surface area contributed by atoms with Crippen molar-refractivity contribution in [1.82, 2.24) is 0 Å². The molecule has 1 nitrogen and oxygen atoms in total. The standard InChI is InChI=1S/C49H35N/c1-49(2)43-22-10-9-20-42(43)48-44(49)23-12-24-45(48)50(36-29-27-34(28-30-36)38-21-11-15-32-13-3-5-16-37(32)38)46-31-35-26-25-33-14-4-6-17-39(33)47(35)41-19-8-7-18-40(41)46/h3-31H,1-2H3. The molecule has 0 aliphatic heterocycles. The van der Waals surface area contributed by atoms with Crippen molar-refractivity contribution in [1.29, 1.82) is 0 Å². The van der Waals surface area contributed by atoms with Crippen molar-refractivity contribution in [3.8, 4) is 22.3 Å². The molecular formula is C49H35N. The van der Waals surface area contributed by atoms with Crippen LogP contribution in [0.5, 0.6) is 0 Å². The van der Waals surface area contributed by atoms with Gasteiger partial charge in [-0.25, -0.2) is 0 Å². The smallest absolute Gasteiger partial charge is 0.0546 e. The number of fused-ring (bicyclic) bond motifs is 9. The molecule has 9 aromatic carbocycles. The van der Waals surface area contributed by atoms with E-state index in [0.717, 1.165) is 5.69 Å². The zero-order valence-electron chi connectivity index (χ0n) is 28.2. The molecule has 0 N–H and O–H groups in total. The van der Waals surface area contributed by atoms with E-state index in [0.29, 0.717) is 0 Å². The van der Waals surface area contributed by atoms with Gasteiger partial charge in [0.1, 0.15) is 0 Å². The molecule has 0 heterocycles. The summed E-state index contributed by atoms with van der Waals surface area (Å²) < 4.78 is 0. The fourth-order valence-electron chi connectivity index (χ4n) is 8.64. The molecule has 0 atom stereocenters. The van der Waals surface area contributed by atoms with Crippen molar-refractivity contribution in [2.75, 3.05) is 4.90 Å². The predicted molar refractivity (Wildman–Crippen MR) is 214 cm³/mol. The Bertz CT molecular complexity index is 2780. The number of benzene rings is 9. The van der Waals surface area contributed by atoms with E-state index >= 15 is 0 Å². The summed E-state index contributed by atoms with van der Waals surface area (Å²) in [7, 11) is 0. The molecule has 0 bridgehead atoms. The van der Waals surface area contributed by atoms with Gasteiger partial charge in [0.25, 0.3) is 0 Å². The monoisotopic (exact) mass is 637 g/mol. The average molecular weight is 638 g/mol. The van der Waals surface area contributed by atoms with Gasteiger partial charge in [-0.1, -0.05) is 166 Å². The van der Waals surface area contributed by atoms with Crippen molar-refractivity contribution < 1.29 is 0 Å². The summed E-state index contributed by atoms with van der Waals surface area (Å²) in [6.07, 6.45) is 0. The zero-order valence-corrected chi connectivity index (χ0v) is 28.2. The summed E-state index contributed by atoms with van der Waals surface area (Å²) in [5, 5.41) is 10.1. The minimum Gasteiger partial charge on any atom is -0.309 e. The lowest BCUT2D eigenvalue weighted by Crippen LogP contribution is -2.16. The summed E-state index contributed by atoms with van der Waals surface area (Å²) in [5.41, 5.74) is 11.2. The van der Waals surface area contributed by atoms with Crippen LogP contribution < -0.4 is 4.90 Å². The van der Waals surface area contributed by atoms with Crippen LogP contribution in [-0.4, -0.2) is 0 Å². The van der Waals surface area contributed by atoms with Crippen LogP contribution in [0.2, 0.25) is 0 Å². The van der Waals surface area contributed by atoms with Gasteiger partial charge in [0, 0.05) is 22.1 Å². The lowest BCUT2D eigenvalue weighted by molar-refractivity contribution is 0.660. The molecule has 9 aromatic rings. The highest BCUT2D eigenvalue weighted by molar-refractivity contribution is 6.24. The fraction of sp³-hybridized carbons (Fsp3) is 0.0612. The Morgan fingerprint density at radius 2 is 0.980 bits per heavy atom. The lowest BCUT2D eigenvalue weighted by Gasteiger charge is -2.30. The highest BCUT2D eigenvalue weighted by Gasteiger charge is 2.37. The van der Waals surface area contributed by atoms with Gasteiger partial charge in [0.05, 0.1) is 11.4 Å². The van der Waals surface area contributed by atoms with E-state index in [1.807, 2.05) is 0 Å². The van der Waals surface area contributed by atoms with Crippen LogP contribution in [0.3, 0.4) is 0 Å². The molecule has 1 aliphatic carbocycles. The molecule has 0 unspecified atom stereocenters. The summed E-state index contributed by atoms with van der Waals surface area (Å²) in [5.74, 6) is 0. The van der Waals surface area contributed by atoms with E-state index in [1.54, 1.807) is 0 Å². The summed E-state index contributed by atoms with van der Waals surface area (Å²) in [6, 6.07) is 65.0. The third kappa shape index (κ3) is 4.20. The Balaban J connectivity index is 1.27. The maximum Gasteiger partial charge on any atom is 0.0546 e. The fourth-order valence-corrected chi connectivity index (χ4v) is 8.64. The van der Waals surface area contributed by atoms with Crippen molar-refractivity contribution in [2.45, 2.75) is 19.3 Å². The first-order valence-electron chi connectivity index (χ1n) is 17.5. The van der Waals surface area contributed by atoms with Crippen molar-refractivity contribution in [2.24, 2.45) is 0 Å². The van der Waals surface area contributed by atoms with E-state index in [4.69, 9.17) is 0 Å². The lowest BCUT2D eigenvalue weighted by atomic mass is 9.82. The van der Waals surface area contributed by atoms with Crippen LogP contribution in [0.1, 0.15) is 25.0 Å². The third-order valence-electron chi connectivity index (χ3n) is 11.0. The van der Waals surface area contributed by atoms with Crippen LogP contribution in [0.4, 0.5) is 17.1 Å². The second-order valence-electron chi connectivity index (χ2n) is 14.1. The Morgan fingerprint density at radius 3 is 1.80 bits per heavy atom. The van der Waals surface area contributed by atoms with Gasteiger partial charge in [-0.3, -0.25) is 0 Å². The first-order valence-corrected chi connectivity index (χ1v) is 17.5. The van der Waals surface area contributed by atoms with E-state index in [2.05, 4.69) is 195 Å². The highest BCUT2D eigenvalue weighted by Crippen LogP contribution is 2.55. The maximum atomic E-state index is 2.51. The first kappa shape index (κ1) is 28.8. The van der Waals surface area contributed by atoms with Crippen molar-refractivity contribution >= 4 is 60.2 Å². The van der Waals surface area contributed by atoms with Gasteiger partial charge >= 0.3 is 0 Å². The summed E-state index contributed by atoms with van der Waals surface area (Å²) >= 11 is 0. The van der Waals surface area contributed by atoms with E-state index in [-0.39, 0.29) is 5.41 Å². The van der Waals surface area contributed by atoms with Gasteiger partial charge in [-0.15, -0.1) is 0 Å². The van der Waals surface area contributed by atoms with Gasteiger partial charge in [-0.2, -0.15) is 0 Å². The van der Waals surface area contributed by atoms with Gasteiger partial charge in [0.15, 0.2) is 0 Å². The van der Waals surface area contributed by atoms with Crippen LogP contribution in [0.25, 0.3) is 65.3 Å². The Kier molecular flexibility index (Phi) is 6.29. The average Bonchev–Trinajstić information content (AvgIpc) is 3.41. The molecule has 10 rings (SSSR count). The SMILES string of the molecule is CC1(C)c2ccccc2-c2c(N(c3ccc(-c4cccc5ccccc45)cc3)c3cc4ccc5ccccc5c4c4ccccc34)cccc21. The van der Waals surface area contributed by atoms with Gasteiger partial charge in [0.2, 0.25) is 0 Å². The molecule has 0 saturated heterocycles. The largest absolute Gasteiger partial charge is 0.309 e. The molecular weight excluding hydrogens is 603 g/mol. The quantitative estimate of drug-likeness (QED) is 0.174. The van der Waals surface area contributed by atoms with Crippen molar-refractivity contribution in [3.63, 3.8) is 0 Å². The van der Waals surface area contributed by atoms with E-state index < -0.39 is 0 Å². The molecule has 236 valence electrons. The number of rotatable bonds is 4. The number of hydrogen-bond donors (Lipinski definition) is 0. The number of nitrogens with zero attached hydrogens (tertiary/aromatic N) is 1. The van der Waals surface area contributed by atoms with Crippen LogP contribution >= 0.6 is 0 Å². The summed E-state index contributed by atoms with van der Waals surface area (Å²) in [6.45, 7) is 4.72. The molecule has 1 heteroatoms. The third-order valence-corrected chi connectivity index (χ3v) is 11.0. The second kappa shape index (κ2) is 10.9. The molecule has 50 heavy (non-hydrogen) atoms. The molecule has 1 aliphatic rings. The zero-order chi connectivity index (χ0) is 33.4. The molecule has 0 aromatic heterocycles. The first-order chi connectivity index (χ1) is 24.6. The van der Waals surface area contributed by atoms with E-state index in [1.165, 1.54) is 87.8 Å². The minimum absolute atomic E-state index is 0.101. The molecule has 0 saturated carbocycles. The normalized spacial score (nSPS) is 13.2. The summed E-state index contributed by atoms with van der Waals surface area (Å²) in [4.78, 5) is 2.51. The highest BCUT2D eigenvalue weighted by atomic mass is 15.1. The van der Waals surface area contributed by atoms with E-state index in [9.17, 15) is 0 Å².